The number of H-pyrrole nitrogens is 1. The van der Waals surface area contributed by atoms with Crippen molar-refractivity contribution in [3.05, 3.63) is 60.9 Å². The van der Waals surface area contributed by atoms with Gasteiger partial charge in [-0.25, -0.2) is 18.9 Å². The molecule has 1 aliphatic heterocycles. The fourth-order valence-electron chi connectivity index (χ4n) is 4.13. The number of nitrogens with one attached hydrogen (secondary N) is 2. The lowest BCUT2D eigenvalue weighted by Gasteiger charge is -2.29. The lowest BCUT2D eigenvalue weighted by Crippen LogP contribution is -2.36. The van der Waals surface area contributed by atoms with Crippen molar-refractivity contribution in [3.63, 3.8) is 0 Å². The highest BCUT2D eigenvalue weighted by Gasteiger charge is 2.16. The number of aromatic amines is 1. The van der Waals surface area contributed by atoms with E-state index in [1.807, 2.05) is 24.3 Å². The molecule has 0 atom stereocenters. The van der Waals surface area contributed by atoms with E-state index < -0.39 is 0 Å². The first-order chi connectivity index (χ1) is 16.2. The van der Waals surface area contributed by atoms with Crippen LogP contribution in [-0.2, 0) is 4.74 Å². The Morgan fingerprint density at radius 2 is 1.97 bits per heavy atom. The first kappa shape index (κ1) is 19.5. The summed E-state index contributed by atoms with van der Waals surface area (Å²) in [5.41, 5.74) is 3.18. The molecule has 1 aliphatic rings. The molecule has 0 radical (unpaired) electrons. The molecule has 0 aliphatic carbocycles. The molecule has 9 nitrogen and oxygen atoms in total. The van der Waals surface area contributed by atoms with Crippen molar-refractivity contribution in [1.29, 1.82) is 0 Å². The maximum absolute atomic E-state index is 14.9. The largest absolute Gasteiger partial charge is 0.494 e. The number of hydrogen-bond acceptors (Lipinski definition) is 7. The molecule has 10 heteroatoms. The zero-order chi connectivity index (χ0) is 22.4. The second-order valence-electron chi connectivity index (χ2n) is 7.82. The number of halogens is 1. The van der Waals surface area contributed by atoms with E-state index in [9.17, 15) is 9.50 Å². The van der Waals surface area contributed by atoms with Crippen LogP contribution in [0.2, 0.25) is 0 Å². The van der Waals surface area contributed by atoms with Crippen LogP contribution in [0.3, 0.4) is 0 Å². The van der Waals surface area contributed by atoms with Gasteiger partial charge in [0.05, 0.1) is 30.8 Å². The van der Waals surface area contributed by atoms with Crippen molar-refractivity contribution < 1.29 is 14.2 Å². The Morgan fingerprint density at radius 1 is 1.09 bits per heavy atom. The molecule has 0 bridgehead atoms. The minimum Gasteiger partial charge on any atom is -0.494 e. The summed E-state index contributed by atoms with van der Waals surface area (Å²) in [6.07, 6.45) is 4.83. The van der Waals surface area contributed by atoms with Crippen LogP contribution >= 0.6 is 0 Å². The first-order valence-corrected chi connectivity index (χ1v) is 10.6. The quantitative estimate of drug-likeness (QED) is 0.388. The number of rotatable bonds is 4. The highest BCUT2D eigenvalue weighted by molar-refractivity contribution is 5.91. The fraction of sp³-hybridized carbons (Fsp3) is 0.174. The number of nitrogens with zero attached hydrogens (tertiary/aromatic N) is 5. The lowest BCUT2D eigenvalue weighted by atomic mass is 10.1. The molecule has 1 fully saturated rings. The van der Waals surface area contributed by atoms with Crippen molar-refractivity contribution in [2.24, 2.45) is 0 Å². The maximum atomic E-state index is 14.9. The predicted octanol–water partition coefficient (Wildman–Crippen LogP) is 3.70. The summed E-state index contributed by atoms with van der Waals surface area (Å²) in [6.45, 7) is 2.76. The Bertz CT molecular complexity index is 1470. The smallest absolute Gasteiger partial charge is 0.199 e. The monoisotopic (exact) mass is 445 g/mol. The summed E-state index contributed by atoms with van der Waals surface area (Å²) in [5, 5.41) is 18.8. The molecule has 2 aromatic carbocycles. The van der Waals surface area contributed by atoms with E-state index >= 15 is 0 Å². The third-order valence-electron chi connectivity index (χ3n) is 5.85. The minimum atomic E-state index is -0.375. The van der Waals surface area contributed by atoms with Crippen molar-refractivity contribution >= 4 is 33.6 Å². The van der Waals surface area contributed by atoms with Crippen LogP contribution in [0.15, 0.2) is 55.1 Å². The molecule has 0 saturated carbocycles. The minimum absolute atomic E-state index is 0.127. The van der Waals surface area contributed by atoms with Gasteiger partial charge >= 0.3 is 0 Å². The molecule has 3 aromatic heterocycles. The Morgan fingerprint density at radius 3 is 2.82 bits per heavy atom. The average Bonchev–Trinajstić information content (AvgIpc) is 3.48. The molecule has 5 aromatic rings. The molecular formula is C23H20FN7O2. The molecule has 0 spiro atoms. The summed E-state index contributed by atoms with van der Waals surface area (Å²) in [7, 11) is 0. The van der Waals surface area contributed by atoms with Gasteiger partial charge in [0.1, 0.15) is 12.1 Å². The topological polar surface area (TPSA) is 104 Å². The van der Waals surface area contributed by atoms with Crippen molar-refractivity contribution in [2.75, 3.05) is 36.5 Å². The molecule has 3 N–H and O–H groups in total. The molecule has 4 heterocycles. The van der Waals surface area contributed by atoms with Gasteiger partial charge < -0.3 is 25.0 Å². The molecular weight excluding hydrogens is 425 g/mol. The van der Waals surface area contributed by atoms with Crippen LogP contribution in [0.1, 0.15) is 0 Å². The Labute approximate surface area is 187 Å². The number of hydrogen-bond donors (Lipinski definition) is 3. The molecule has 1 saturated heterocycles. The summed E-state index contributed by atoms with van der Waals surface area (Å²) in [4.78, 5) is 13.7. The van der Waals surface area contributed by atoms with E-state index in [1.54, 1.807) is 23.0 Å². The molecule has 0 amide bonds. The first-order valence-electron chi connectivity index (χ1n) is 10.6. The normalized spacial score (nSPS) is 14.3. The van der Waals surface area contributed by atoms with E-state index in [4.69, 9.17) is 4.74 Å². The van der Waals surface area contributed by atoms with Gasteiger partial charge in [-0.15, -0.1) is 0 Å². The van der Waals surface area contributed by atoms with Crippen LogP contribution in [-0.4, -0.2) is 56.0 Å². The van der Waals surface area contributed by atoms with Gasteiger partial charge in [0.2, 0.25) is 0 Å². The van der Waals surface area contributed by atoms with Crippen molar-refractivity contribution in [1.82, 2.24) is 24.6 Å². The maximum Gasteiger partial charge on any atom is 0.199 e. The van der Waals surface area contributed by atoms with Crippen LogP contribution in [0, 0.1) is 5.82 Å². The summed E-state index contributed by atoms with van der Waals surface area (Å²) >= 11 is 0. The van der Waals surface area contributed by atoms with Gasteiger partial charge in [-0.3, -0.25) is 0 Å². The Balaban J connectivity index is 1.33. The number of aromatic hydroxyl groups is 1. The number of benzene rings is 2. The lowest BCUT2D eigenvalue weighted by molar-refractivity contribution is 0.122. The van der Waals surface area contributed by atoms with E-state index in [2.05, 4.69) is 30.3 Å². The summed E-state index contributed by atoms with van der Waals surface area (Å²) in [5.74, 6) is 0.150. The van der Waals surface area contributed by atoms with Gasteiger partial charge in [0, 0.05) is 41.3 Å². The van der Waals surface area contributed by atoms with Crippen LogP contribution in [0.4, 0.5) is 21.6 Å². The fourth-order valence-corrected chi connectivity index (χ4v) is 4.13. The van der Waals surface area contributed by atoms with Gasteiger partial charge in [-0.2, -0.15) is 5.10 Å². The third kappa shape index (κ3) is 3.40. The van der Waals surface area contributed by atoms with Crippen molar-refractivity contribution in [2.45, 2.75) is 0 Å². The highest BCUT2D eigenvalue weighted by atomic mass is 19.1. The zero-order valence-electron chi connectivity index (χ0n) is 17.5. The Kier molecular flexibility index (Phi) is 4.58. The summed E-state index contributed by atoms with van der Waals surface area (Å²) in [6, 6.07) is 10.7. The van der Waals surface area contributed by atoms with Crippen LogP contribution in [0.25, 0.3) is 27.7 Å². The molecule has 6 rings (SSSR count). The number of anilines is 3. The molecule has 0 unspecified atom stereocenters. The van der Waals surface area contributed by atoms with Gasteiger partial charge in [0.15, 0.2) is 17.3 Å². The van der Waals surface area contributed by atoms with Crippen molar-refractivity contribution in [3.8, 4) is 17.1 Å². The second-order valence-corrected chi connectivity index (χ2v) is 7.82. The van der Waals surface area contributed by atoms with Crippen LogP contribution < -0.4 is 10.2 Å². The van der Waals surface area contributed by atoms with Gasteiger partial charge in [0.25, 0.3) is 0 Å². The Hall–Kier alpha value is -4.18. The van der Waals surface area contributed by atoms with E-state index in [-0.39, 0.29) is 11.7 Å². The van der Waals surface area contributed by atoms with Crippen LogP contribution in [0.5, 0.6) is 5.88 Å². The number of fused-ring (bicyclic) bond motifs is 2. The predicted molar refractivity (Wildman–Crippen MR) is 122 cm³/mol. The zero-order valence-corrected chi connectivity index (χ0v) is 17.5. The highest BCUT2D eigenvalue weighted by Crippen LogP contribution is 2.31. The van der Waals surface area contributed by atoms with E-state index in [0.717, 1.165) is 40.8 Å². The van der Waals surface area contributed by atoms with E-state index in [0.29, 0.717) is 30.4 Å². The average molecular weight is 445 g/mol. The van der Waals surface area contributed by atoms with Gasteiger partial charge in [-0.1, -0.05) is 6.07 Å². The molecule has 33 heavy (non-hydrogen) atoms. The summed E-state index contributed by atoms with van der Waals surface area (Å²) < 4.78 is 21.9. The number of ether oxygens (including phenoxy) is 1. The van der Waals surface area contributed by atoms with E-state index in [1.165, 1.54) is 12.4 Å². The number of morpholine rings is 1. The second kappa shape index (κ2) is 7.75. The third-order valence-corrected chi connectivity index (χ3v) is 5.85. The number of aromatic nitrogens is 5. The standard InChI is InChI=1S/C23H20FN7O2/c24-18-10-16(30-5-7-33-8-6-30)2-4-19(18)29-21-22-27-13-28-31(22)20(12-25-21)14-1-3-17-15(9-14)11-26-23(17)32/h1-4,9-13,26,32H,5-8H2,(H,25,29). The van der Waals surface area contributed by atoms with Gasteiger partial charge in [-0.05, 0) is 30.3 Å². The SMILES string of the molecule is Oc1[nH]cc2cc(-c3cnc(Nc4ccc(N5CCOCC5)cc4F)c4ncnn34)ccc12. The molecule has 166 valence electrons.